The molecular formula is C17H30N2. The highest BCUT2D eigenvalue weighted by atomic mass is 15.3. The van der Waals surface area contributed by atoms with Crippen LogP contribution >= 0.6 is 0 Å². The van der Waals surface area contributed by atoms with Crippen molar-refractivity contribution in [3.05, 3.63) is 0 Å². The molecule has 1 saturated heterocycles. The van der Waals surface area contributed by atoms with Gasteiger partial charge in [-0.2, -0.15) is 0 Å². The summed E-state index contributed by atoms with van der Waals surface area (Å²) in [7, 11) is 0. The van der Waals surface area contributed by atoms with Crippen molar-refractivity contribution in [2.75, 3.05) is 13.1 Å². The Morgan fingerprint density at radius 1 is 1.00 bits per heavy atom. The number of fused-ring (bicyclic) bond motifs is 2. The van der Waals surface area contributed by atoms with Gasteiger partial charge in [0.25, 0.3) is 0 Å². The molecule has 2 nitrogen and oxygen atoms in total. The predicted molar refractivity (Wildman–Crippen MR) is 78.9 cm³/mol. The third-order valence-corrected chi connectivity index (χ3v) is 7.11. The first-order chi connectivity index (χ1) is 9.33. The molecule has 3 aliphatic carbocycles. The summed E-state index contributed by atoms with van der Waals surface area (Å²) in [5.74, 6) is 2.95. The highest BCUT2D eigenvalue weighted by Gasteiger charge is 2.56. The summed E-state index contributed by atoms with van der Waals surface area (Å²) >= 11 is 0. The number of rotatable bonds is 3. The van der Waals surface area contributed by atoms with Crippen molar-refractivity contribution in [2.24, 2.45) is 23.5 Å². The molecule has 0 aromatic heterocycles. The summed E-state index contributed by atoms with van der Waals surface area (Å²) in [6, 6.07) is 0.894. The van der Waals surface area contributed by atoms with Gasteiger partial charge in [-0.1, -0.05) is 19.3 Å². The van der Waals surface area contributed by atoms with Gasteiger partial charge in [0.15, 0.2) is 0 Å². The fraction of sp³-hybridized carbons (Fsp3) is 1.00. The van der Waals surface area contributed by atoms with E-state index in [9.17, 15) is 0 Å². The van der Waals surface area contributed by atoms with Crippen molar-refractivity contribution in [3.8, 4) is 0 Å². The first kappa shape index (κ1) is 12.6. The molecule has 4 aliphatic rings. The zero-order chi connectivity index (χ0) is 12.9. The average Bonchev–Trinajstić information content (AvgIpc) is 3.18. The lowest BCUT2D eigenvalue weighted by Crippen LogP contribution is -2.59. The summed E-state index contributed by atoms with van der Waals surface area (Å²) < 4.78 is 0. The minimum Gasteiger partial charge on any atom is -0.329 e. The third kappa shape index (κ3) is 1.82. The Morgan fingerprint density at radius 3 is 2.47 bits per heavy atom. The van der Waals surface area contributed by atoms with Gasteiger partial charge in [-0.15, -0.1) is 0 Å². The minimum atomic E-state index is 0.423. The van der Waals surface area contributed by atoms with E-state index in [0.29, 0.717) is 5.54 Å². The van der Waals surface area contributed by atoms with Crippen LogP contribution in [0.3, 0.4) is 0 Å². The second-order valence-electron chi connectivity index (χ2n) is 7.84. The van der Waals surface area contributed by atoms with Gasteiger partial charge >= 0.3 is 0 Å². The number of hydrogen-bond acceptors (Lipinski definition) is 2. The summed E-state index contributed by atoms with van der Waals surface area (Å²) in [6.07, 6.45) is 14.7. The van der Waals surface area contributed by atoms with Crippen LogP contribution in [0.1, 0.15) is 64.2 Å². The molecule has 0 aromatic carbocycles. The van der Waals surface area contributed by atoms with Crippen molar-refractivity contribution in [1.29, 1.82) is 0 Å². The smallest absolute Gasteiger partial charge is 0.0365 e. The zero-order valence-electron chi connectivity index (χ0n) is 12.3. The summed E-state index contributed by atoms with van der Waals surface area (Å²) in [6.45, 7) is 2.28. The maximum absolute atomic E-state index is 6.35. The van der Waals surface area contributed by atoms with E-state index in [4.69, 9.17) is 5.73 Å². The Bertz CT molecular complexity index is 336. The molecule has 2 heteroatoms. The van der Waals surface area contributed by atoms with E-state index in [1.54, 1.807) is 0 Å². The standard InChI is InChI=1S/C17H30N2/c18-12-17(11-13-7-8-15(17)10-13)19-9-3-6-16(19)14-4-1-2-5-14/h13-16H,1-12,18H2. The Morgan fingerprint density at radius 2 is 1.84 bits per heavy atom. The van der Waals surface area contributed by atoms with Crippen LogP contribution < -0.4 is 5.73 Å². The predicted octanol–water partition coefficient (Wildman–Crippen LogP) is 3.16. The number of likely N-dealkylation sites (tertiary alicyclic amines) is 1. The van der Waals surface area contributed by atoms with Crippen LogP contribution in [0.2, 0.25) is 0 Å². The Hall–Kier alpha value is -0.0800. The molecule has 2 N–H and O–H groups in total. The largest absolute Gasteiger partial charge is 0.329 e. The van der Waals surface area contributed by atoms with Gasteiger partial charge in [0, 0.05) is 18.1 Å². The molecule has 0 spiro atoms. The van der Waals surface area contributed by atoms with E-state index in [0.717, 1.165) is 30.3 Å². The van der Waals surface area contributed by atoms with E-state index >= 15 is 0 Å². The molecule has 0 amide bonds. The second kappa shape index (κ2) is 4.73. The Kier molecular flexibility index (Phi) is 3.15. The van der Waals surface area contributed by atoms with Crippen molar-refractivity contribution < 1.29 is 0 Å². The molecule has 3 saturated carbocycles. The van der Waals surface area contributed by atoms with Gasteiger partial charge in [0.2, 0.25) is 0 Å². The molecule has 4 unspecified atom stereocenters. The topological polar surface area (TPSA) is 29.3 Å². The minimum absolute atomic E-state index is 0.423. The third-order valence-electron chi connectivity index (χ3n) is 7.11. The summed E-state index contributed by atoms with van der Waals surface area (Å²) in [5.41, 5.74) is 6.78. The quantitative estimate of drug-likeness (QED) is 0.846. The van der Waals surface area contributed by atoms with Crippen LogP contribution in [-0.2, 0) is 0 Å². The van der Waals surface area contributed by atoms with Crippen molar-refractivity contribution in [1.82, 2.24) is 4.90 Å². The van der Waals surface area contributed by atoms with Crippen LogP contribution in [0, 0.1) is 17.8 Å². The van der Waals surface area contributed by atoms with Gasteiger partial charge in [-0.05, 0) is 69.2 Å². The first-order valence-corrected chi connectivity index (χ1v) is 8.80. The molecule has 1 heterocycles. The lowest BCUT2D eigenvalue weighted by Gasteiger charge is -2.49. The molecule has 108 valence electrons. The first-order valence-electron chi connectivity index (χ1n) is 8.80. The van der Waals surface area contributed by atoms with E-state index in [-0.39, 0.29) is 0 Å². The molecule has 4 rings (SSSR count). The molecular weight excluding hydrogens is 232 g/mol. The van der Waals surface area contributed by atoms with Gasteiger partial charge in [0.1, 0.15) is 0 Å². The van der Waals surface area contributed by atoms with Gasteiger partial charge < -0.3 is 5.73 Å². The number of hydrogen-bond donors (Lipinski definition) is 1. The lowest BCUT2D eigenvalue weighted by molar-refractivity contribution is 0.0117. The molecule has 0 radical (unpaired) electrons. The van der Waals surface area contributed by atoms with Gasteiger partial charge in [-0.3, -0.25) is 4.90 Å². The Balaban J connectivity index is 1.58. The SMILES string of the molecule is NCC1(N2CCCC2C2CCCC2)CC2CCC1C2. The highest BCUT2D eigenvalue weighted by Crippen LogP contribution is 2.55. The summed E-state index contributed by atoms with van der Waals surface area (Å²) in [4.78, 5) is 2.95. The van der Waals surface area contributed by atoms with Gasteiger partial charge in [0.05, 0.1) is 0 Å². The van der Waals surface area contributed by atoms with Crippen LogP contribution in [-0.4, -0.2) is 29.6 Å². The maximum Gasteiger partial charge on any atom is 0.0365 e. The zero-order valence-corrected chi connectivity index (χ0v) is 12.3. The normalized spacial score (nSPS) is 47.5. The molecule has 19 heavy (non-hydrogen) atoms. The van der Waals surface area contributed by atoms with Crippen LogP contribution in [0.25, 0.3) is 0 Å². The van der Waals surface area contributed by atoms with Crippen molar-refractivity contribution in [3.63, 3.8) is 0 Å². The van der Waals surface area contributed by atoms with Crippen LogP contribution in [0.15, 0.2) is 0 Å². The molecule has 1 aliphatic heterocycles. The van der Waals surface area contributed by atoms with E-state index in [1.165, 1.54) is 70.8 Å². The molecule has 4 atom stereocenters. The van der Waals surface area contributed by atoms with Crippen molar-refractivity contribution in [2.45, 2.75) is 75.8 Å². The molecule has 2 bridgehead atoms. The Labute approximate surface area is 118 Å². The fourth-order valence-corrected chi connectivity index (χ4v) is 6.31. The maximum atomic E-state index is 6.35. The number of nitrogens with zero attached hydrogens (tertiary/aromatic N) is 1. The van der Waals surface area contributed by atoms with Crippen LogP contribution in [0.4, 0.5) is 0 Å². The van der Waals surface area contributed by atoms with E-state index < -0.39 is 0 Å². The monoisotopic (exact) mass is 262 g/mol. The lowest BCUT2D eigenvalue weighted by atomic mass is 9.78. The van der Waals surface area contributed by atoms with Gasteiger partial charge in [-0.25, -0.2) is 0 Å². The molecule has 0 aromatic rings. The van der Waals surface area contributed by atoms with E-state index in [2.05, 4.69) is 4.90 Å². The average molecular weight is 262 g/mol. The fourth-order valence-electron chi connectivity index (χ4n) is 6.31. The number of nitrogens with two attached hydrogens (primary N) is 1. The van der Waals surface area contributed by atoms with E-state index in [1.807, 2.05) is 0 Å². The van der Waals surface area contributed by atoms with Crippen LogP contribution in [0.5, 0.6) is 0 Å². The second-order valence-corrected chi connectivity index (χ2v) is 7.84. The highest BCUT2D eigenvalue weighted by molar-refractivity contribution is 5.11. The van der Waals surface area contributed by atoms with Crippen molar-refractivity contribution >= 4 is 0 Å². The summed E-state index contributed by atoms with van der Waals surface area (Å²) in [5, 5.41) is 0. The molecule has 4 fully saturated rings.